The molecule has 0 saturated heterocycles. The summed E-state index contributed by atoms with van der Waals surface area (Å²) >= 11 is 1.68. The van der Waals surface area contributed by atoms with Crippen LogP contribution in [0, 0.1) is 0 Å². The number of carbonyl (C=O) groups excluding carboxylic acids is 2. The number of carbonyl (C=O) groups is 2. The van der Waals surface area contributed by atoms with Crippen molar-refractivity contribution in [3.8, 4) is 5.75 Å². The maximum absolute atomic E-state index is 12.3. The molecule has 0 aliphatic heterocycles. The molecule has 0 aliphatic rings. The largest absolute Gasteiger partial charge is 0.495 e. The fourth-order valence-corrected chi connectivity index (χ4v) is 3.87. The standard InChI is InChI=1S/C22H24N2O4S/c1-15(22(26)24-16-9-3-5-11-18(16)27-2)28-21(25)14-8-7-13-20-23-17-10-4-6-12-19(17)29-20/h3-6,9-12,15H,7-8,13-14H2,1-2H3,(H,24,26)/t15-/m0/s1. The number of benzene rings is 2. The first kappa shape index (κ1) is 20.8. The van der Waals surface area contributed by atoms with Crippen molar-refractivity contribution in [3.05, 3.63) is 53.5 Å². The number of thiazole rings is 1. The Morgan fingerprint density at radius 2 is 1.86 bits per heavy atom. The number of aryl methyl sites for hydroxylation is 1. The molecule has 1 aromatic heterocycles. The minimum atomic E-state index is -0.878. The summed E-state index contributed by atoms with van der Waals surface area (Å²) in [6.45, 7) is 1.56. The van der Waals surface area contributed by atoms with Gasteiger partial charge in [-0.15, -0.1) is 11.3 Å². The summed E-state index contributed by atoms with van der Waals surface area (Å²) in [5, 5.41) is 3.79. The highest BCUT2D eigenvalue weighted by molar-refractivity contribution is 7.18. The van der Waals surface area contributed by atoms with Crippen molar-refractivity contribution in [2.24, 2.45) is 0 Å². The van der Waals surface area contributed by atoms with Crippen molar-refractivity contribution in [3.63, 3.8) is 0 Å². The van der Waals surface area contributed by atoms with E-state index in [0.717, 1.165) is 23.4 Å². The number of anilines is 1. The topological polar surface area (TPSA) is 77.5 Å². The van der Waals surface area contributed by atoms with Crippen LogP contribution in [0.3, 0.4) is 0 Å². The van der Waals surface area contributed by atoms with Gasteiger partial charge in [0.2, 0.25) is 0 Å². The lowest BCUT2D eigenvalue weighted by Crippen LogP contribution is -2.30. The SMILES string of the molecule is COc1ccccc1NC(=O)[C@H](C)OC(=O)CCCCc1nc2ccccc2s1. The number of para-hydroxylation sites is 3. The molecule has 1 amide bonds. The van der Waals surface area contributed by atoms with E-state index in [1.54, 1.807) is 36.5 Å². The Morgan fingerprint density at radius 1 is 1.10 bits per heavy atom. The molecule has 3 rings (SSSR count). The van der Waals surface area contributed by atoms with E-state index in [2.05, 4.69) is 16.4 Å². The molecule has 0 radical (unpaired) electrons. The van der Waals surface area contributed by atoms with E-state index in [4.69, 9.17) is 9.47 Å². The van der Waals surface area contributed by atoms with Gasteiger partial charge in [-0.2, -0.15) is 0 Å². The number of nitrogens with zero attached hydrogens (tertiary/aromatic N) is 1. The molecule has 1 atom stereocenters. The van der Waals surface area contributed by atoms with E-state index < -0.39 is 12.0 Å². The first-order chi connectivity index (χ1) is 14.1. The average molecular weight is 413 g/mol. The number of esters is 1. The molecule has 1 heterocycles. The van der Waals surface area contributed by atoms with Crippen LogP contribution in [0.1, 0.15) is 31.2 Å². The van der Waals surface area contributed by atoms with Gasteiger partial charge in [0.25, 0.3) is 5.91 Å². The second-order valence-electron chi connectivity index (χ2n) is 6.60. The molecule has 152 valence electrons. The quantitative estimate of drug-likeness (QED) is 0.411. The number of hydrogen-bond acceptors (Lipinski definition) is 6. The molecule has 0 aliphatic carbocycles. The maximum Gasteiger partial charge on any atom is 0.306 e. The van der Waals surface area contributed by atoms with Gasteiger partial charge in [0, 0.05) is 6.42 Å². The Balaban J connectivity index is 1.39. The van der Waals surface area contributed by atoms with Crippen LogP contribution in [0.2, 0.25) is 0 Å². The molecule has 2 aromatic carbocycles. The van der Waals surface area contributed by atoms with E-state index in [-0.39, 0.29) is 12.4 Å². The summed E-state index contributed by atoms with van der Waals surface area (Å²) in [5.74, 6) is -0.219. The van der Waals surface area contributed by atoms with E-state index in [9.17, 15) is 9.59 Å². The minimum Gasteiger partial charge on any atom is -0.495 e. The van der Waals surface area contributed by atoms with Gasteiger partial charge in [0.1, 0.15) is 5.75 Å². The maximum atomic E-state index is 12.3. The summed E-state index contributed by atoms with van der Waals surface area (Å²) in [6.07, 6.45) is 1.76. The zero-order valence-corrected chi connectivity index (χ0v) is 17.3. The van der Waals surface area contributed by atoms with Crippen molar-refractivity contribution >= 4 is 39.1 Å². The van der Waals surface area contributed by atoms with Crippen molar-refractivity contribution < 1.29 is 19.1 Å². The van der Waals surface area contributed by atoms with Crippen LogP contribution in [0.5, 0.6) is 5.75 Å². The molecule has 7 heteroatoms. The second-order valence-corrected chi connectivity index (χ2v) is 7.72. The molecule has 1 N–H and O–H groups in total. The van der Waals surface area contributed by atoms with Crippen LogP contribution in [0.15, 0.2) is 48.5 Å². The molecule has 6 nitrogen and oxygen atoms in total. The fraction of sp³-hybridized carbons (Fsp3) is 0.318. The summed E-state index contributed by atoms with van der Waals surface area (Å²) in [4.78, 5) is 28.9. The van der Waals surface area contributed by atoms with Crippen LogP contribution < -0.4 is 10.1 Å². The van der Waals surface area contributed by atoms with Crippen LogP contribution in [-0.4, -0.2) is 30.1 Å². The normalized spacial score (nSPS) is 11.8. The van der Waals surface area contributed by atoms with Crippen molar-refractivity contribution in [2.45, 2.75) is 38.7 Å². The van der Waals surface area contributed by atoms with Gasteiger partial charge in [0.15, 0.2) is 6.10 Å². The van der Waals surface area contributed by atoms with Gasteiger partial charge in [0.05, 0.1) is 28.0 Å². The molecule has 0 saturated carbocycles. The van der Waals surface area contributed by atoms with E-state index in [1.165, 1.54) is 11.8 Å². The molecule has 29 heavy (non-hydrogen) atoms. The number of ether oxygens (including phenoxy) is 2. The number of rotatable bonds is 9. The lowest BCUT2D eigenvalue weighted by Gasteiger charge is -2.15. The number of amides is 1. The zero-order chi connectivity index (χ0) is 20.6. The Hall–Kier alpha value is -2.93. The monoisotopic (exact) mass is 412 g/mol. The third kappa shape index (κ3) is 5.77. The number of nitrogens with one attached hydrogen (secondary N) is 1. The smallest absolute Gasteiger partial charge is 0.306 e. The second kappa shape index (κ2) is 10.0. The summed E-state index contributed by atoms with van der Waals surface area (Å²) in [5.41, 5.74) is 1.56. The summed E-state index contributed by atoms with van der Waals surface area (Å²) in [7, 11) is 1.53. The Kier molecular flexibility index (Phi) is 7.19. The van der Waals surface area contributed by atoms with Gasteiger partial charge in [-0.25, -0.2) is 4.98 Å². The third-order valence-electron chi connectivity index (χ3n) is 4.40. The Morgan fingerprint density at radius 3 is 2.66 bits per heavy atom. The van der Waals surface area contributed by atoms with Gasteiger partial charge in [-0.3, -0.25) is 9.59 Å². The summed E-state index contributed by atoms with van der Waals surface area (Å²) < 4.78 is 11.6. The lowest BCUT2D eigenvalue weighted by atomic mass is 10.2. The van der Waals surface area contributed by atoms with Gasteiger partial charge >= 0.3 is 5.97 Å². The number of unbranched alkanes of at least 4 members (excludes halogenated alkanes) is 1. The number of fused-ring (bicyclic) bond motifs is 1. The Labute approximate surface area is 173 Å². The first-order valence-electron chi connectivity index (χ1n) is 9.54. The molecule has 3 aromatic rings. The third-order valence-corrected chi connectivity index (χ3v) is 5.50. The van der Waals surface area contributed by atoms with Gasteiger partial charge < -0.3 is 14.8 Å². The lowest BCUT2D eigenvalue weighted by molar-refractivity contribution is -0.153. The molecular weight excluding hydrogens is 388 g/mol. The number of hydrogen-bond donors (Lipinski definition) is 1. The zero-order valence-electron chi connectivity index (χ0n) is 16.5. The molecule has 0 bridgehead atoms. The number of methoxy groups -OCH3 is 1. The highest BCUT2D eigenvalue weighted by Gasteiger charge is 2.19. The molecule has 0 unspecified atom stereocenters. The summed E-state index contributed by atoms with van der Waals surface area (Å²) in [6, 6.07) is 15.1. The predicted octanol–water partition coefficient (Wildman–Crippen LogP) is 4.59. The minimum absolute atomic E-state index is 0.275. The molecular formula is C22H24N2O4S. The molecule has 0 spiro atoms. The highest BCUT2D eigenvalue weighted by Crippen LogP contribution is 2.24. The first-order valence-corrected chi connectivity index (χ1v) is 10.4. The highest BCUT2D eigenvalue weighted by atomic mass is 32.1. The van der Waals surface area contributed by atoms with Crippen LogP contribution in [-0.2, 0) is 20.7 Å². The van der Waals surface area contributed by atoms with E-state index >= 15 is 0 Å². The van der Waals surface area contributed by atoms with Crippen LogP contribution in [0.25, 0.3) is 10.2 Å². The van der Waals surface area contributed by atoms with E-state index in [1.807, 2.05) is 24.3 Å². The van der Waals surface area contributed by atoms with E-state index in [0.29, 0.717) is 17.9 Å². The van der Waals surface area contributed by atoms with Gasteiger partial charge in [-0.05, 0) is 50.5 Å². The average Bonchev–Trinajstić information content (AvgIpc) is 3.14. The van der Waals surface area contributed by atoms with Crippen LogP contribution >= 0.6 is 11.3 Å². The predicted molar refractivity (Wildman–Crippen MR) is 114 cm³/mol. The van der Waals surface area contributed by atoms with Crippen molar-refractivity contribution in [1.29, 1.82) is 0 Å². The Bertz CT molecular complexity index is 953. The van der Waals surface area contributed by atoms with Crippen LogP contribution in [0.4, 0.5) is 5.69 Å². The van der Waals surface area contributed by atoms with Crippen molar-refractivity contribution in [1.82, 2.24) is 4.98 Å². The van der Waals surface area contributed by atoms with Crippen molar-refractivity contribution in [2.75, 3.05) is 12.4 Å². The molecule has 0 fully saturated rings. The van der Waals surface area contributed by atoms with Gasteiger partial charge in [-0.1, -0.05) is 24.3 Å². The fourth-order valence-electron chi connectivity index (χ4n) is 2.86. The number of aromatic nitrogens is 1.